The van der Waals surface area contributed by atoms with E-state index in [1.165, 1.54) is 44.5 Å². The van der Waals surface area contributed by atoms with Crippen molar-refractivity contribution in [3.63, 3.8) is 0 Å². The molecule has 0 amide bonds. The van der Waals surface area contributed by atoms with Gasteiger partial charge in [-0.05, 0) is 103 Å². The van der Waals surface area contributed by atoms with E-state index in [4.69, 9.17) is 9.47 Å². The van der Waals surface area contributed by atoms with E-state index in [2.05, 4.69) is 178 Å². The summed E-state index contributed by atoms with van der Waals surface area (Å²) in [5.74, 6) is 1.89. The lowest BCUT2D eigenvalue weighted by Gasteiger charge is -2.21. The molecule has 242 valence electrons. The van der Waals surface area contributed by atoms with E-state index in [0.29, 0.717) is 13.2 Å². The fourth-order valence-corrected chi connectivity index (χ4v) is 5.91. The van der Waals surface area contributed by atoms with Crippen molar-refractivity contribution < 1.29 is 9.47 Å². The largest absolute Gasteiger partial charge is 0.492 e. The van der Waals surface area contributed by atoms with Gasteiger partial charge < -0.3 is 19.3 Å². The molecule has 0 fully saturated rings. The Hall–Kier alpha value is -4.64. The quantitative estimate of drug-likeness (QED) is 0.0857. The van der Waals surface area contributed by atoms with Crippen LogP contribution in [-0.2, 0) is 0 Å². The fraction of sp³-hybridized carbons (Fsp3) is 0.256. The molecule has 5 rings (SSSR count). The van der Waals surface area contributed by atoms with Gasteiger partial charge in [0.25, 0.3) is 0 Å². The normalized spacial score (nSPS) is 12.6. The second-order valence-corrected chi connectivity index (χ2v) is 12.4. The molecular weight excluding hydrogens is 576 g/mol. The van der Waals surface area contributed by atoms with Gasteiger partial charge >= 0.3 is 0 Å². The number of hydrogen-bond donors (Lipinski definition) is 0. The Morgan fingerprint density at radius 2 is 0.894 bits per heavy atom. The van der Waals surface area contributed by atoms with Crippen molar-refractivity contribution >= 4 is 11.1 Å². The second-order valence-electron chi connectivity index (χ2n) is 12.4. The van der Waals surface area contributed by atoms with Crippen LogP contribution in [0, 0.1) is 0 Å². The SMILES string of the molecule is CC/C(=C(/c1ccc(OCCN(C)C)cc1)c1ccc(C(c2ccccc2)c2ccc(OCCN(C)C)cc2)cc1)c1ccccc1. The zero-order valence-corrected chi connectivity index (χ0v) is 28.5. The third kappa shape index (κ3) is 9.22. The Labute approximate surface area is 281 Å². The van der Waals surface area contributed by atoms with Crippen LogP contribution in [0.25, 0.3) is 11.1 Å². The topological polar surface area (TPSA) is 24.9 Å². The first-order chi connectivity index (χ1) is 22.9. The van der Waals surface area contributed by atoms with Gasteiger partial charge in [0, 0.05) is 19.0 Å². The van der Waals surface area contributed by atoms with Crippen LogP contribution in [0.15, 0.2) is 133 Å². The van der Waals surface area contributed by atoms with Gasteiger partial charge in [-0.2, -0.15) is 0 Å². The molecule has 47 heavy (non-hydrogen) atoms. The Bertz CT molecular complexity index is 1680. The summed E-state index contributed by atoms with van der Waals surface area (Å²) in [6.45, 7) is 5.34. The molecule has 0 radical (unpaired) electrons. The predicted octanol–water partition coefficient (Wildman–Crippen LogP) is 9.12. The van der Waals surface area contributed by atoms with Gasteiger partial charge in [-0.15, -0.1) is 0 Å². The molecule has 4 nitrogen and oxygen atoms in total. The van der Waals surface area contributed by atoms with Crippen LogP contribution in [0.5, 0.6) is 11.5 Å². The molecule has 0 spiro atoms. The van der Waals surface area contributed by atoms with E-state index in [-0.39, 0.29) is 5.92 Å². The number of allylic oxidation sites excluding steroid dienone is 1. The first kappa shape index (κ1) is 33.7. The van der Waals surface area contributed by atoms with E-state index in [0.717, 1.165) is 31.0 Å². The molecule has 0 saturated carbocycles. The van der Waals surface area contributed by atoms with Crippen LogP contribution in [0.3, 0.4) is 0 Å². The molecule has 5 aromatic carbocycles. The van der Waals surface area contributed by atoms with Crippen molar-refractivity contribution in [2.75, 3.05) is 54.5 Å². The Kier molecular flexibility index (Phi) is 12.0. The molecule has 0 aliphatic rings. The van der Waals surface area contributed by atoms with Gasteiger partial charge in [-0.25, -0.2) is 0 Å². The second kappa shape index (κ2) is 16.8. The fourth-order valence-electron chi connectivity index (χ4n) is 5.91. The van der Waals surface area contributed by atoms with Crippen molar-refractivity contribution in [3.05, 3.63) is 167 Å². The van der Waals surface area contributed by atoms with Crippen LogP contribution < -0.4 is 9.47 Å². The Morgan fingerprint density at radius 3 is 1.36 bits per heavy atom. The van der Waals surface area contributed by atoms with Crippen molar-refractivity contribution in [2.24, 2.45) is 0 Å². The molecule has 0 heterocycles. The predicted molar refractivity (Wildman–Crippen MR) is 197 cm³/mol. The first-order valence-electron chi connectivity index (χ1n) is 16.6. The molecule has 0 N–H and O–H groups in total. The number of ether oxygens (including phenoxy) is 2. The van der Waals surface area contributed by atoms with Gasteiger partial charge in [0.15, 0.2) is 0 Å². The number of likely N-dealkylation sites (N-methyl/N-ethyl adjacent to an activating group) is 2. The summed E-state index contributed by atoms with van der Waals surface area (Å²) in [6, 6.07) is 47.9. The minimum atomic E-state index is 0.104. The maximum Gasteiger partial charge on any atom is 0.119 e. The number of nitrogens with zero attached hydrogens (tertiary/aromatic N) is 2. The highest BCUT2D eigenvalue weighted by Gasteiger charge is 2.19. The molecule has 4 heteroatoms. The van der Waals surface area contributed by atoms with Crippen LogP contribution in [-0.4, -0.2) is 64.3 Å². The maximum atomic E-state index is 6.02. The highest BCUT2D eigenvalue weighted by Crippen LogP contribution is 2.38. The van der Waals surface area contributed by atoms with Crippen LogP contribution >= 0.6 is 0 Å². The molecule has 0 bridgehead atoms. The van der Waals surface area contributed by atoms with Crippen molar-refractivity contribution in [3.8, 4) is 11.5 Å². The summed E-state index contributed by atoms with van der Waals surface area (Å²) in [7, 11) is 8.24. The van der Waals surface area contributed by atoms with Crippen LogP contribution in [0.4, 0.5) is 0 Å². The average molecular weight is 625 g/mol. The molecular formula is C43H48N2O2. The van der Waals surface area contributed by atoms with E-state index >= 15 is 0 Å². The van der Waals surface area contributed by atoms with Crippen LogP contribution in [0.1, 0.15) is 52.6 Å². The summed E-state index contributed by atoms with van der Waals surface area (Å²) in [6.07, 6.45) is 0.914. The first-order valence-corrected chi connectivity index (χ1v) is 16.6. The van der Waals surface area contributed by atoms with Crippen molar-refractivity contribution in [2.45, 2.75) is 19.3 Å². The molecule has 1 atom stereocenters. The van der Waals surface area contributed by atoms with E-state index in [1.54, 1.807) is 0 Å². The molecule has 1 unspecified atom stereocenters. The monoisotopic (exact) mass is 624 g/mol. The third-order valence-corrected chi connectivity index (χ3v) is 8.41. The van der Waals surface area contributed by atoms with E-state index in [9.17, 15) is 0 Å². The summed E-state index contributed by atoms with van der Waals surface area (Å²) < 4.78 is 12.0. The zero-order chi connectivity index (χ0) is 33.0. The lowest BCUT2D eigenvalue weighted by molar-refractivity contribution is 0.261. The van der Waals surface area contributed by atoms with Gasteiger partial charge in [0.1, 0.15) is 24.7 Å². The molecule has 0 aromatic heterocycles. The number of hydrogen-bond acceptors (Lipinski definition) is 4. The third-order valence-electron chi connectivity index (χ3n) is 8.41. The Morgan fingerprint density at radius 1 is 0.489 bits per heavy atom. The zero-order valence-electron chi connectivity index (χ0n) is 28.5. The Balaban J connectivity index is 1.50. The van der Waals surface area contributed by atoms with Crippen molar-refractivity contribution in [1.29, 1.82) is 0 Å². The lowest BCUT2D eigenvalue weighted by Crippen LogP contribution is -2.19. The summed E-state index contributed by atoms with van der Waals surface area (Å²) in [4.78, 5) is 4.26. The summed E-state index contributed by atoms with van der Waals surface area (Å²) >= 11 is 0. The van der Waals surface area contributed by atoms with Crippen LogP contribution in [0.2, 0.25) is 0 Å². The molecule has 0 aliphatic heterocycles. The lowest BCUT2D eigenvalue weighted by atomic mass is 9.83. The summed E-state index contributed by atoms with van der Waals surface area (Å²) in [5, 5.41) is 0. The maximum absolute atomic E-state index is 6.02. The minimum absolute atomic E-state index is 0.104. The molecule has 0 saturated heterocycles. The smallest absolute Gasteiger partial charge is 0.119 e. The molecule has 0 aliphatic carbocycles. The average Bonchev–Trinajstić information content (AvgIpc) is 3.09. The number of benzene rings is 5. The minimum Gasteiger partial charge on any atom is -0.492 e. The van der Waals surface area contributed by atoms with E-state index in [1.807, 2.05) is 0 Å². The highest BCUT2D eigenvalue weighted by atomic mass is 16.5. The van der Waals surface area contributed by atoms with Gasteiger partial charge in [0.05, 0.1) is 0 Å². The van der Waals surface area contributed by atoms with Gasteiger partial charge in [-0.3, -0.25) is 0 Å². The van der Waals surface area contributed by atoms with Gasteiger partial charge in [-0.1, -0.05) is 116 Å². The molecule has 5 aromatic rings. The van der Waals surface area contributed by atoms with Gasteiger partial charge in [0.2, 0.25) is 0 Å². The summed E-state index contributed by atoms with van der Waals surface area (Å²) in [5.41, 5.74) is 9.96. The standard InChI is InChI=1S/C43H48N2O2/c1-6-41(33-13-9-7-10-14-33)43(38-23-27-40(28-24-38)47-32-30-45(4)5)37-19-17-35(18-20-37)42(34-15-11-8-12-16-34)36-21-25-39(26-22-36)46-31-29-44(2)3/h7-28,42H,6,29-32H2,1-5H3/b43-41-. The number of rotatable bonds is 15. The highest BCUT2D eigenvalue weighted by molar-refractivity contribution is 5.98. The van der Waals surface area contributed by atoms with Crippen molar-refractivity contribution in [1.82, 2.24) is 9.80 Å². The van der Waals surface area contributed by atoms with E-state index < -0.39 is 0 Å².